The third-order valence-corrected chi connectivity index (χ3v) is 7.47. The fourth-order valence-electron chi connectivity index (χ4n) is 3.40. The van der Waals surface area contributed by atoms with Crippen LogP contribution in [0.1, 0.15) is 5.56 Å². The quantitative estimate of drug-likeness (QED) is 0.141. The second-order valence-corrected chi connectivity index (χ2v) is 10.7. The van der Waals surface area contributed by atoms with Crippen molar-refractivity contribution in [3.63, 3.8) is 0 Å². The van der Waals surface area contributed by atoms with E-state index < -0.39 is 20.9 Å². The maximum Gasteiger partial charge on any atom is 0.199 e. The van der Waals surface area contributed by atoms with Crippen molar-refractivity contribution in [2.24, 2.45) is 20.5 Å². The molecule has 3 N–H and O–H groups in total. The van der Waals surface area contributed by atoms with E-state index >= 15 is 0 Å². The van der Waals surface area contributed by atoms with Gasteiger partial charge in [-0.05, 0) is 77.3 Å². The van der Waals surface area contributed by atoms with Crippen molar-refractivity contribution in [3.8, 4) is 5.75 Å². The highest BCUT2D eigenvalue weighted by atomic mass is 32.2. The van der Waals surface area contributed by atoms with Gasteiger partial charge in [-0.25, -0.2) is 8.42 Å². The number of nitrogens with zero attached hydrogens (tertiary/aromatic N) is 4. The number of hydrogen-bond acceptors (Lipinski definition) is 10. The summed E-state index contributed by atoms with van der Waals surface area (Å²) >= 11 is -2.42. The number of anilines is 1. The monoisotopic (exact) mass is 546 g/mol. The van der Waals surface area contributed by atoms with Gasteiger partial charge in [-0.15, -0.1) is 10.2 Å². The molecule has 0 spiro atoms. The molecule has 0 bridgehead atoms. The van der Waals surface area contributed by atoms with E-state index in [0.29, 0.717) is 39.1 Å². The number of aromatic hydroxyl groups is 1. The summed E-state index contributed by atoms with van der Waals surface area (Å²) in [5, 5.41) is 29.2. The lowest BCUT2D eigenvalue weighted by Crippen LogP contribution is -1.94. The van der Waals surface area contributed by atoms with Crippen molar-refractivity contribution < 1.29 is 22.3 Å². The van der Waals surface area contributed by atoms with E-state index in [1.165, 1.54) is 24.3 Å². The summed E-state index contributed by atoms with van der Waals surface area (Å²) in [5.74, 6) is -0.145. The number of azo groups is 2. The number of nitrogen functional groups attached to an aromatic ring is 1. The maximum atomic E-state index is 11.9. The van der Waals surface area contributed by atoms with Crippen LogP contribution in [0.25, 0.3) is 15.7 Å². The van der Waals surface area contributed by atoms with E-state index in [2.05, 4.69) is 33.6 Å². The van der Waals surface area contributed by atoms with Gasteiger partial charge in [0.1, 0.15) is 11.4 Å². The van der Waals surface area contributed by atoms with Gasteiger partial charge in [0.15, 0.2) is 15.6 Å². The molecule has 10 nitrogen and oxygen atoms in total. The second-order valence-electron chi connectivity index (χ2n) is 7.84. The van der Waals surface area contributed by atoms with Gasteiger partial charge >= 0.3 is 0 Å². The third-order valence-electron chi connectivity index (χ3n) is 5.47. The molecule has 0 radical (unpaired) electrons. The molecule has 0 aliphatic rings. The lowest BCUT2D eigenvalue weighted by atomic mass is 10.1. The molecule has 38 heavy (non-hydrogen) atoms. The molecule has 0 saturated heterocycles. The second kappa shape index (κ2) is 10.8. The molecule has 0 fully saturated rings. The highest BCUT2D eigenvalue weighted by Gasteiger charge is 2.13. The Morgan fingerprint density at radius 1 is 0.868 bits per heavy atom. The molecule has 4 aromatic carbocycles. The highest BCUT2D eigenvalue weighted by Crippen LogP contribution is 2.42. The van der Waals surface area contributed by atoms with E-state index in [0.717, 1.165) is 5.41 Å². The Morgan fingerprint density at radius 3 is 2.05 bits per heavy atom. The molecule has 0 heterocycles. The first kappa shape index (κ1) is 26.5. The largest absolute Gasteiger partial charge is 0.768 e. The van der Waals surface area contributed by atoms with E-state index in [-0.39, 0.29) is 21.2 Å². The summed E-state index contributed by atoms with van der Waals surface area (Å²) < 4.78 is 45.8. The standard InChI is InChI=1S/C26H21N5O5S2/c1-3-38(35,36)20-10-8-19(9-11-20)29-31-25-21-13-15-24(26(32)22(21)12-14-23(25)27)30-28-18-6-4-17(5-7-18)16(2)37(33)34/h3-15,32H,1-2,27H2,(H,33,34)/p-1. The molecule has 12 heteroatoms. The first-order chi connectivity index (χ1) is 18.1. The van der Waals surface area contributed by atoms with Gasteiger partial charge in [0.25, 0.3) is 0 Å². The fraction of sp³-hybridized carbons (Fsp3) is 0. The Balaban J connectivity index is 1.62. The van der Waals surface area contributed by atoms with E-state index in [4.69, 9.17) is 5.73 Å². The van der Waals surface area contributed by atoms with Crippen LogP contribution < -0.4 is 5.73 Å². The minimum Gasteiger partial charge on any atom is -0.768 e. The number of nitrogens with two attached hydrogens (primary N) is 1. The molecule has 0 aliphatic heterocycles. The Hall–Kier alpha value is -4.52. The molecular weight excluding hydrogens is 526 g/mol. The highest BCUT2D eigenvalue weighted by molar-refractivity contribution is 7.94. The average Bonchev–Trinajstić information content (AvgIpc) is 2.92. The number of benzene rings is 4. The summed E-state index contributed by atoms with van der Waals surface area (Å²) in [6.07, 6.45) is 0. The predicted molar refractivity (Wildman–Crippen MR) is 147 cm³/mol. The van der Waals surface area contributed by atoms with Crippen molar-refractivity contribution in [1.82, 2.24) is 0 Å². The normalized spacial score (nSPS) is 12.8. The number of hydrogen-bond donors (Lipinski definition) is 2. The van der Waals surface area contributed by atoms with Crippen LogP contribution >= 0.6 is 0 Å². The van der Waals surface area contributed by atoms with Gasteiger partial charge in [-0.1, -0.05) is 25.3 Å². The molecule has 1 atom stereocenters. The number of fused-ring (bicyclic) bond motifs is 1. The zero-order chi connectivity index (χ0) is 27.4. The molecule has 192 valence electrons. The van der Waals surface area contributed by atoms with Gasteiger partial charge in [0, 0.05) is 21.1 Å². The number of phenols is 1. The van der Waals surface area contributed by atoms with E-state index in [9.17, 15) is 22.3 Å². The summed E-state index contributed by atoms with van der Waals surface area (Å²) in [6.45, 7) is 6.80. The Morgan fingerprint density at radius 2 is 1.45 bits per heavy atom. The lowest BCUT2D eigenvalue weighted by Gasteiger charge is -2.09. The minimum atomic E-state index is -3.56. The van der Waals surface area contributed by atoms with Crippen molar-refractivity contribution in [2.45, 2.75) is 4.90 Å². The molecule has 0 saturated carbocycles. The van der Waals surface area contributed by atoms with Crippen LogP contribution in [0.2, 0.25) is 0 Å². The van der Waals surface area contributed by atoms with Crippen LogP contribution in [-0.2, 0) is 20.9 Å². The van der Waals surface area contributed by atoms with Crippen molar-refractivity contribution in [2.75, 3.05) is 5.73 Å². The summed E-state index contributed by atoms with van der Waals surface area (Å²) in [6, 6.07) is 18.5. The molecule has 4 rings (SSSR count). The lowest BCUT2D eigenvalue weighted by molar-refractivity contribution is 0.482. The molecule has 0 amide bonds. The van der Waals surface area contributed by atoms with Gasteiger partial charge in [-0.3, -0.25) is 4.21 Å². The first-order valence-electron chi connectivity index (χ1n) is 10.8. The number of sulfone groups is 1. The van der Waals surface area contributed by atoms with Crippen molar-refractivity contribution >= 4 is 65.0 Å². The van der Waals surface area contributed by atoms with E-state index in [1.54, 1.807) is 48.5 Å². The van der Waals surface area contributed by atoms with Crippen molar-refractivity contribution in [1.29, 1.82) is 0 Å². The zero-order valence-electron chi connectivity index (χ0n) is 19.7. The zero-order valence-corrected chi connectivity index (χ0v) is 21.3. The molecule has 1 unspecified atom stereocenters. The molecule has 0 aliphatic carbocycles. The Kier molecular flexibility index (Phi) is 7.57. The average molecular weight is 547 g/mol. The summed E-state index contributed by atoms with van der Waals surface area (Å²) in [7, 11) is -3.56. The maximum absolute atomic E-state index is 11.9. The first-order valence-corrected chi connectivity index (χ1v) is 13.5. The Labute approximate surface area is 220 Å². The van der Waals surface area contributed by atoms with Gasteiger partial charge in [0.2, 0.25) is 0 Å². The van der Waals surface area contributed by atoms with Gasteiger partial charge in [-0.2, -0.15) is 10.2 Å². The van der Waals surface area contributed by atoms with Crippen LogP contribution in [0.15, 0.2) is 117 Å². The van der Waals surface area contributed by atoms with Gasteiger partial charge in [0.05, 0.1) is 22.0 Å². The van der Waals surface area contributed by atoms with Gasteiger partial charge < -0.3 is 15.4 Å². The van der Waals surface area contributed by atoms with Crippen LogP contribution in [0.5, 0.6) is 5.75 Å². The van der Waals surface area contributed by atoms with Crippen LogP contribution in [-0.4, -0.2) is 22.3 Å². The van der Waals surface area contributed by atoms with Crippen molar-refractivity contribution in [3.05, 3.63) is 96.9 Å². The van der Waals surface area contributed by atoms with E-state index in [1.807, 2.05) is 0 Å². The topological polar surface area (TPSA) is 170 Å². The van der Waals surface area contributed by atoms with Crippen LogP contribution in [0, 0.1) is 0 Å². The van der Waals surface area contributed by atoms with Crippen LogP contribution in [0.3, 0.4) is 0 Å². The number of phenolic OH excluding ortho intramolecular Hbond substituents is 1. The molecule has 0 aromatic heterocycles. The molecule has 4 aromatic rings. The smallest absolute Gasteiger partial charge is 0.199 e. The summed E-state index contributed by atoms with van der Waals surface area (Å²) in [4.78, 5) is 0.0496. The molecular formula is C26H20N5O5S2-. The number of rotatable bonds is 8. The minimum absolute atomic E-state index is 0.0365. The Bertz CT molecular complexity index is 1750. The SMILES string of the molecule is C=CS(=O)(=O)c1ccc(N=Nc2c(N)ccc3c(O)c(N=Nc4ccc(C(=C)S(=O)[O-])cc4)ccc23)cc1. The third kappa shape index (κ3) is 5.57. The fourth-order valence-corrected chi connectivity index (χ4v) is 4.44. The van der Waals surface area contributed by atoms with Crippen LogP contribution in [0.4, 0.5) is 28.4 Å². The summed E-state index contributed by atoms with van der Waals surface area (Å²) in [5.41, 5.74) is 8.21. The predicted octanol–water partition coefficient (Wildman–Crippen LogP) is 6.73.